The van der Waals surface area contributed by atoms with Crippen LogP contribution in [0.25, 0.3) is 11.2 Å². The molecule has 5 atom stereocenters. The van der Waals surface area contributed by atoms with Gasteiger partial charge in [0.05, 0.1) is 33.0 Å². The molecule has 0 spiro atoms. The lowest BCUT2D eigenvalue weighted by atomic mass is 10.1. The van der Waals surface area contributed by atoms with E-state index in [1.165, 1.54) is 15.5 Å². The van der Waals surface area contributed by atoms with E-state index in [4.69, 9.17) is 24.4 Å². The third kappa shape index (κ3) is 6.36. The van der Waals surface area contributed by atoms with Gasteiger partial charge in [-0.25, -0.2) is 19.1 Å². The summed E-state index contributed by atoms with van der Waals surface area (Å²) in [6.07, 6.45) is -4.92. The first-order chi connectivity index (χ1) is 15.8. The molecule has 17 nitrogen and oxygen atoms in total. The monoisotopic (exact) mass is 594 g/mol. The van der Waals surface area contributed by atoms with Gasteiger partial charge in [-0.15, -0.1) is 0 Å². The summed E-state index contributed by atoms with van der Waals surface area (Å²) in [5.74, 6) is 0. The fourth-order valence-corrected chi connectivity index (χ4v) is 5.24. The smallest absolute Gasteiger partial charge is 0.394 e. The molecule has 1 aliphatic heterocycles. The van der Waals surface area contributed by atoms with E-state index in [2.05, 4.69) is 34.7 Å². The SMILES string of the molecule is O=c1c2nc(Br)n([C@@H]3O[C@H](COP(=O)(O)OP(=O)(O)O)[C@@H](O)[C@H]3O)c2ncn1CCOCCO. The molecule has 34 heavy (non-hydrogen) atoms. The van der Waals surface area contributed by atoms with Crippen molar-refractivity contribution in [2.45, 2.75) is 31.1 Å². The summed E-state index contributed by atoms with van der Waals surface area (Å²) < 4.78 is 43.5. The molecule has 2 aromatic heterocycles. The van der Waals surface area contributed by atoms with E-state index in [0.717, 1.165) is 0 Å². The first-order valence-corrected chi connectivity index (χ1v) is 13.2. The summed E-state index contributed by atoms with van der Waals surface area (Å²) >= 11 is 3.14. The van der Waals surface area contributed by atoms with Crippen molar-refractivity contribution in [3.05, 3.63) is 21.4 Å². The van der Waals surface area contributed by atoms with Crippen molar-refractivity contribution in [1.29, 1.82) is 0 Å². The molecule has 0 aromatic carbocycles. The third-order valence-corrected chi connectivity index (χ3v) is 7.25. The predicted octanol–water partition coefficient (Wildman–Crippen LogP) is -1.79. The van der Waals surface area contributed by atoms with Crippen LogP contribution in [0.15, 0.2) is 15.9 Å². The number of rotatable bonds is 11. The zero-order valence-corrected chi connectivity index (χ0v) is 20.4. The van der Waals surface area contributed by atoms with Crippen LogP contribution in [0, 0.1) is 0 Å². The van der Waals surface area contributed by atoms with E-state index in [1.54, 1.807) is 0 Å². The summed E-state index contributed by atoms with van der Waals surface area (Å²) in [6.45, 7) is -0.691. The van der Waals surface area contributed by atoms with Crippen LogP contribution in [-0.2, 0) is 34.0 Å². The van der Waals surface area contributed by atoms with Gasteiger partial charge in [0.15, 0.2) is 22.1 Å². The Morgan fingerprint density at radius 3 is 2.53 bits per heavy atom. The first-order valence-electron chi connectivity index (χ1n) is 9.42. The van der Waals surface area contributed by atoms with Gasteiger partial charge in [0.1, 0.15) is 24.6 Å². The Labute approximate surface area is 198 Å². The lowest BCUT2D eigenvalue weighted by Gasteiger charge is -2.18. The highest BCUT2D eigenvalue weighted by molar-refractivity contribution is 9.10. The predicted molar refractivity (Wildman–Crippen MR) is 112 cm³/mol. The largest absolute Gasteiger partial charge is 0.481 e. The molecule has 0 bridgehead atoms. The number of aliphatic hydroxyl groups excluding tert-OH is 3. The van der Waals surface area contributed by atoms with E-state index < -0.39 is 52.4 Å². The van der Waals surface area contributed by atoms with Gasteiger partial charge in [0.25, 0.3) is 5.56 Å². The van der Waals surface area contributed by atoms with Crippen LogP contribution in [0.2, 0.25) is 0 Å². The second kappa shape index (κ2) is 10.9. The fourth-order valence-electron chi connectivity index (χ4n) is 3.10. The van der Waals surface area contributed by atoms with Crippen molar-refractivity contribution in [3.8, 4) is 0 Å². The highest BCUT2D eigenvalue weighted by Crippen LogP contribution is 2.57. The molecule has 20 heteroatoms. The van der Waals surface area contributed by atoms with E-state index in [9.17, 15) is 29.0 Å². The lowest BCUT2D eigenvalue weighted by Crippen LogP contribution is -2.33. The maximum Gasteiger partial charge on any atom is 0.481 e. The highest BCUT2D eigenvalue weighted by Gasteiger charge is 2.46. The van der Waals surface area contributed by atoms with Crippen molar-refractivity contribution < 1.29 is 57.4 Å². The molecular formula is C14H21BrN4O13P2. The zero-order valence-electron chi connectivity index (χ0n) is 17.0. The molecule has 3 heterocycles. The minimum atomic E-state index is -5.35. The molecule has 1 saturated heterocycles. The molecule has 1 unspecified atom stereocenters. The van der Waals surface area contributed by atoms with E-state index in [1.807, 2.05) is 0 Å². The molecule has 0 aliphatic carbocycles. The van der Waals surface area contributed by atoms with Gasteiger partial charge in [0.2, 0.25) is 0 Å². The van der Waals surface area contributed by atoms with E-state index in [0.29, 0.717) is 0 Å². The standard InChI is InChI=1S/C14H21BrN4O13P2/c15-14-17-8-11(16-6-18(12(8)23)1-3-29-4-2-20)19(14)13-10(22)9(21)7(31-13)5-30-34(27,28)32-33(24,25)26/h6-7,9-10,13,20-22H,1-5H2,(H,27,28)(H2,24,25,26)/t7-,9-,10-,13-/m1/s1. The Morgan fingerprint density at radius 1 is 1.18 bits per heavy atom. The molecule has 3 rings (SSSR count). The number of halogens is 1. The molecule has 1 fully saturated rings. The second-order valence-corrected chi connectivity index (χ2v) is 10.4. The Morgan fingerprint density at radius 2 is 1.88 bits per heavy atom. The van der Waals surface area contributed by atoms with E-state index >= 15 is 0 Å². The van der Waals surface area contributed by atoms with Gasteiger partial charge in [0, 0.05) is 0 Å². The zero-order chi connectivity index (χ0) is 25.3. The fraction of sp³-hybridized carbons (Fsp3) is 0.643. The lowest BCUT2D eigenvalue weighted by molar-refractivity contribution is -0.0513. The van der Waals surface area contributed by atoms with Gasteiger partial charge in [-0.2, -0.15) is 4.31 Å². The van der Waals surface area contributed by atoms with Crippen LogP contribution < -0.4 is 5.56 Å². The van der Waals surface area contributed by atoms with Crippen LogP contribution in [0.3, 0.4) is 0 Å². The van der Waals surface area contributed by atoms with Crippen LogP contribution in [-0.4, -0.2) is 93.8 Å². The minimum absolute atomic E-state index is 0.0110. The maximum atomic E-state index is 12.7. The van der Waals surface area contributed by atoms with Crippen molar-refractivity contribution in [3.63, 3.8) is 0 Å². The third-order valence-electron chi connectivity index (χ3n) is 4.54. The number of imidazole rings is 1. The number of ether oxygens (including phenoxy) is 2. The number of hydrogen-bond donors (Lipinski definition) is 6. The van der Waals surface area contributed by atoms with Crippen molar-refractivity contribution in [1.82, 2.24) is 19.1 Å². The summed E-state index contributed by atoms with van der Waals surface area (Å²) in [4.78, 5) is 47.6. The number of phosphoric acid groups is 2. The molecule has 2 aromatic rings. The quantitative estimate of drug-likeness (QED) is 0.0954. The molecule has 192 valence electrons. The van der Waals surface area contributed by atoms with Crippen molar-refractivity contribution >= 4 is 42.7 Å². The normalized spacial score (nSPS) is 25.1. The summed E-state index contributed by atoms with van der Waals surface area (Å²) in [7, 11) is -10.6. The van der Waals surface area contributed by atoms with Gasteiger partial charge >= 0.3 is 15.6 Å². The maximum absolute atomic E-state index is 12.7. The first kappa shape index (κ1) is 27.5. The second-order valence-electron chi connectivity index (χ2n) is 6.88. The van der Waals surface area contributed by atoms with Crippen LogP contribution in [0.4, 0.5) is 0 Å². The van der Waals surface area contributed by atoms with Crippen molar-refractivity contribution in [2.75, 3.05) is 26.4 Å². The number of fused-ring (bicyclic) bond motifs is 1. The molecule has 0 radical (unpaired) electrons. The number of phosphoric ester groups is 1. The number of aromatic nitrogens is 4. The van der Waals surface area contributed by atoms with Gasteiger partial charge in [-0.1, -0.05) is 0 Å². The number of aliphatic hydroxyl groups is 3. The van der Waals surface area contributed by atoms with Gasteiger partial charge < -0.3 is 39.5 Å². The van der Waals surface area contributed by atoms with Gasteiger partial charge in [-0.3, -0.25) is 18.5 Å². The average molecular weight is 595 g/mol. The number of hydrogen-bond acceptors (Lipinski definition) is 12. The molecule has 1 aliphatic rings. The molecule has 0 saturated carbocycles. The van der Waals surface area contributed by atoms with E-state index in [-0.39, 0.29) is 42.3 Å². The van der Waals surface area contributed by atoms with Crippen LogP contribution >= 0.6 is 31.6 Å². The molecule has 0 amide bonds. The minimum Gasteiger partial charge on any atom is -0.394 e. The summed E-state index contributed by atoms with van der Waals surface area (Å²) in [5.41, 5.74) is -0.655. The highest BCUT2D eigenvalue weighted by atomic mass is 79.9. The summed E-state index contributed by atoms with van der Waals surface area (Å²) in [5, 5.41) is 29.5. The topological polar surface area (TPSA) is 245 Å². The molecule has 6 N–H and O–H groups in total. The van der Waals surface area contributed by atoms with Crippen LogP contribution in [0.1, 0.15) is 6.23 Å². The number of nitrogens with zero attached hydrogens (tertiary/aromatic N) is 4. The summed E-state index contributed by atoms with van der Waals surface area (Å²) in [6, 6.07) is 0. The average Bonchev–Trinajstić information content (AvgIpc) is 3.20. The van der Waals surface area contributed by atoms with Gasteiger partial charge in [-0.05, 0) is 15.9 Å². The van der Waals surface area contributed by atoms with Crippen molar-refractivity contribution in [2.24, 2.45) is 0 Å². The Hall–Kier alpha value is -1.11. The Balaban J connectivity index is 1.79. The Bertz CT molecular complexity index is 1170. The molecular weight excluding hydrogens is 574 g/mol. The Kier molecular flexibility index (Phi) is 8.79. The van der Waals surface area contributed by atoms with Crippen LogP contribution in [0.5, 0.6) is 0 Å².